The molecule has 0 saturated heterocycles. The molecule has 0 saturated carbocycles. The second-order valence-electron chi connectivity index (χ2n) is 4.02. The lowest BCUT2D eigenvalue weighted by atomic mass is 10.2. The fourth-order valence-electron chi connectivity index (χ4n) is 1.65. The van der Waals surface area contributed by atoms with E-state index in [1.807, 2.05) is 12.1 Å². The molecule has 4 nitrogen and oxygen atoms in total. The third-order valence-corrected chi connectivity index (χ3v) is 4.33. The molecule has 0 spiro atoms. The van der Waals surface area contributed by atoms with Crippen LogP contribution in [0.4, 0.5) is 11.4 Å². The lowest BCUT2D eigenvalue weighted by molar-refractivity contribution is -0.384. The van der Waals surface area contributed by atoms with Gasteiger partial charge in [0.2, 0.25) is 0 Å². The van der Waals surface area contributed by atoms with E-state index in [9.17, 15) is 10.1 Å². The van der Waals surface area contributed by atoms with Crippen molar-refractivity contribution in [2.75, 3.05) is 5.32 Å². The quantitative estimate of drug-likeness (QED) is 0.533. The maximum absolute atomic E-state index is 11.0. The molecule has 0 heterocycles. The van der Waals surface area contributed by atoms with Gasteiger partial charge in [0.15, 0.2) is 0 Å². The summed E-state index contributed by atoms with van der Waals surface area (Å²) in [6, 6.07) is 10.4. The summed E-state index contributed by atoms with van der Waals surface area (Å²) in [6.45, 7) is 0.470. The second-order valence-corrected chi connectivity index (χ2v) is 6.20. The van der Waals surface area contributed by atoms with Gasteiger partial charge in [-0.3, -0.25) is 10.1 Å². The molecule has 1 N–H and O–H groups in total. The van der Waals surface area contributed by atoms with E-state index in [1.54, 1.807) is 18.2 Å². The van der Waals surface area contributed by atoms with Gasteiger partial charge in [-0.2, -0.15) is 0 Å². The molecular formula is C13H9Br2ClN2O2. The number of nitrogens with zero attached hydrogens (tertiary/aromatic N) is 1. The van der Waals surface area contributed by atoms with Gasteiger partial charge in [0.25, 0.3) is 5.69 Å². The lowest BCUT2D eigenvalue weighted by Gasteiger charge is -2.08. The highest BCUT2D eigenvalue weighted by molar-refractivity contribution is 9.10. The van der Waals surface area contributed by atoms with E-state index in [0.717, 1.165) is 10.0 Å². The van der Waals surface area contributed by atoms with Crippen LogP contribution in [0, 0.1) is 10.1 Å². The normalized spacial score (nSPS) is 10.3. The first-order chi connectivity index (χ1) is 9.47. The number of nitrogens with one attached hydrogen (secondary N) is 1. The summed E-state index contributed by atoms with van der Waals surface area (Å²) in [4.78, 5) is 10.6. The Hall–Kier alpha value is -1.11. The highest BCUT2D eigenvalue weighted by Gasteiger charge is 2.13. The van der Waals surface area contributed by atoms with Crippen molar-refractivity contribution >= 4 is 54.8 Å². The van der Waals surface area contributed by atoms with Gasteiger partial charge in [-0.15, -0.1) is 0 Å². The van der Waals surface area contributed by atoms with E-state index in [0.29, 0.717) is 21.7 Å². The molecule has 0 radical (unpaired) electrons. The van der Waals surface area contributed by atoms with Crippen LogP contribution in [0.1, 0.15) is 5.56 Å². The van der Waals surface area contributed by atoms with E-state index < -0.39 is 4.92 Å². The maximum Gasteiger partial charge on any atom is 0.293 e. The molecule has 0 unspecified atom stereocenters. The summed E-state index contributed by atoms with van der Waals surface area (Å²) in [5.41, 5.74) is 1.48. The minimum Gasteiger partial charge on any atom is -0.375 e. The third-order valence-electron chi connectivity index (χ3n) is 2.62. The number of halogens is 3. The Morgan fingerprint density at radius 2 is 1.95 bits per heavy atom. The zero-order valence-corrected chi connectivity index (χ0v) is 14.0. The SMILES string of the molecule is O=[N+]([O-])c1cc(Br)ccc1NCc1ccc(Cl)c(Br)c1. The largest absolute Gasteiger partial charge is 0.375 e. The van der Waals surface area contributed by atoms with E-state index >= 15 is 0 Å². The lowest BCUT2D eigenvalue weighted by Crippen LogP contribution is -2.02. The predicted molar refractivity (Wildman–Crippen MR) is 87.3 cm³/mol. The number of rotatable bonds is 4. The molecule has 7 heteroatoms. The summed E-state index contributed by atoms with van der Waals surface area (Å²) >= 11 is 12.5. The van der Waals surface area contributed by atoms with E-state index in [-0.39, 0.29) is 5.69 Å². The van der Waals surface area contributed by atoms with Crippen LogP contribution >= 0.6 is 43.5 Å². The molecular weight excluding hydrogens is 411 g/mol. The first kappa shape index (κ1) is 15.3. The number of nitro groups is 1. The minimum atomic E-state index is -0.412. The van der Waals surface area contributed by atoms with Gasteiger partial charge in [-0.05, 0) is 45.8 Å². The molecule has 0 bridgehead atoms. The average molecular weight is 420 g/mol. The number of hydrogen-bond donors (Lipinski definition) is 1. The predicted octanol–water partition coefficient (Wildman–Crippen LogP) is 5.39. The molecule has 0 aliphatic rings. The van der Waals surface area contributed by atoms with E-state index in [2.05, 4.69) is 37.2 Å². The molecule has 104 valence electrons. The zero-order chi connectivity index (χ0) is 14.7. The van der Waals surface area contributed by atoms with Crippen LogP contribution in [-0.2, 0) is 6.54 Å². The van der Waals surface area contributed by atoms with Gasteiger partial charge >= 0.3 is 0 Å². The van der Waals surface area contributed by atoms with E-state index in [4.69, 9.17) is 11.6 Å². The molecule has 2 rings (SSSR count). The van der Waals surface area contributed by atoms with Crippen molar-refractivity contribution in [2.24, 2.45) is 0 Å². The first-order valence-electron chi connectivity index (χ1n) is 5.59. The molecule has 0 amide bonds. The molecule has 2 aromatic carbocycles. The number of hydrogen-bond acceptors (Lipinski definition) is 3. The van der Waals surface area contributed by atoms with Crippen LogP contribution in [-0.4, -0.2) is 4.92 Å². The van der Waals surface area contributed by atoms with Gasteiger partial charge in [0, 0.05) is 21.6 Å². The smallest absolute Gasteiger partial charge is 0.293 e. The minimum absolute atomic E-state index is 0.0346. The summed E-state index contributed by atoms with van der Waals surface area (Å²) in [5.74, 6) is 0. The van der Waals surface area contributed by atoms with Crippen LogP contribution < -0.4 is 5.32 Å². The van der Waals surface area contributed by atoms with Crippen molar-refractivity contribution in [3.05, 3.63) is 66.0 Å². The van der Waals surface area contributed by atoms with Crippen molar-refractivity contribution in [2.45, 2.75) is 6.54 Å². The van der Waals surface area contributed by atoms with Crippen LogP contribution in [0.2, 0.25) is 5.02 Å². The number of nitro benzene ring substituents is 1. The Balaban J connectivity index is 2.18. The molecule has 20 heavy (non-hydrogen) atoms. The zero-order valence-electron chi connectivity index (χ0n) is 10.1. The van der Waals surface area contributed by atoms with Crippen molar-refractivity contribution < 1.29 is 4.92 Å². The first-order valence-corrected chi connectivity index (χ1v) is 7.55. The molecule has 0 aromatic heterocycles. The number of benzene rings is 2. The summed E-state index contributed by atoms with van der Waals surface area (Å²) in [6.07, 6.45) is 0. The van der Waals surface area contributed by atoms with Gasteiger partial charge in [0.1, 0.15) is 5.69 Å². The monoisotopic (exact) mass is 418 g/mol. The molecule has 0 fully saturated rings. The van der Waals surface area contributed by atoms with Crippen molar-refractivity contribution in [1.82, 2.24) is 0 Å². The maximum atomic E-state index is 11.0. The molecule has 0 atom stereocenters. The Labute approximate surface area is 137 Å². The van der Waals surface area contributed by atoms with Crippen LogP contribution in [0.3, 0.4) is 0 Å². The topological polar surface area (TPSA) is 55.2 Å². The van der Waals surface area contributed by atoms with Crippen LogP contribution in [0.25, 0.3) is 0 Å². The Morgan fingerprint density at radius 3 is 2.60 bits per heavy atom. The van der Waals surface area contributed by atoms with Gasteiger partial charge in [-0.1, -0.05) is 33.6 Å². The number of anilines is 1. The van der Waals surface area contributed by atoms with Crippen LogP contribution in [0.15, 0.2) is 45.3 Å². The van der Waals surface area contributed by atoms with Gasteiger partial charge in [-0.25, -0.2) is 0 Å². The average Bonchev–Trinajstić information content (AvgIpc) is 2.41. The van der Waals surface area contributed by atoms with Crippen LogP contribution in [0.5, 0.6) is 0 Å². The Morgan fingerprint density at radius 1 is 1.20 bits per heavy atom. The van der Waals surface area contributed by atoms with Crippen molar-refractivity contribution in [3.8, 4) is 0 Å². The third kappa shape index (κ3) is 3.71. The molecule has 0 aliphatic heterocycles. The fraction of sp³-hybridized carbons (Fsp3) is 0.0769. The standard InChI is InChI=1S/C13H9Br2ClN2O2/c14-9-2-4-12(13(6-9)18(19)20)17-7-8-1-3-11(16)10(15)5-8/h1-6,17H,7H2. The highest BCUT2D eigenvalue weighted by atomic mass is 79.9. The van der Waals surface area contributed by atoms with Gasteiger partial charge < -0.3 is 5.32 Å². The molecule has 2 aromatic rings. The van der Waals surface area contributed by atoms with Crippen molar-refractivity contribution in [1.29, 1.82) is 0 Å². The summed E-state index contributed by atoms with van der Waals surface area (Å²) < 4.78 is 1.47. The Kier molecular flexibility index (Phi) is 5.01. The van der Waals surface area contributed by atoms with Gasteiger partial charge in [0.05, 0.1) is 9.95 Å². The summed E-state index contributed by atoms with van der Waals surface area (Å²) in [7, 11) is 0. The van der Waals surface area contributed by atoms with Crippen molar-refractivity contribution in [3.63, 3.8) is 0 Å². The van der Waals surface area contributed by atoms with E-state index in [1.165, 1.54) is 6.07 Å². The molecule has 0 aliphatic carbocycles. The fourth-order valence-corrected chi connectivity index (χ4v) is 2.54. The summed E-state index contributed by atoms with van der Waals surface area (Å²) in [5, 5.41) is 14.7. The highest BCUT2D eigenvalue weighted by Crippen LogP contribution is 2.29. The second kappa shape index (κ2) is 6.56. The Bertz CT molecular complexity index is 665.